The third-order valence-electron chi connectivity index (χ3n) is 1.81. The van der Waals surface area contributed by atoms with Crippen molar-refractivity contribution in [3.8, 4) is 0 Å². The van der Waals surface area contributed by atoms with Crippen molar-refractivity contribution in [3.05, 3.63) is 0 Å². The molecular formula is C6H11FO. The molecule has 0 radical (unpaired) electrons. The van der Waals surface area contributed by atoms with Crippen molar-refractivity contribution >= 4 is 0 Å². The van der Waals surface area contributed by atoms with Gasteiger partial charge in [0.25, 0.3) is 0 Å². The molecule has 0 spiro atoms. The molecule has 1 N–H and O–H groups in total. The van der Waals surface area contributed by atoms with Crippen molar-refractivity contribution in [2.45, 2.75) is 31.4 Å². The molecular weight excluding hydrogens is 107 g/mol. The van der Waals surface area contributed by atoms with E-state index in [0.717, 1.165) is 6.42 Å². The SMILES string of the molecule is OCCC1(F)CCC1. The molecule has 1 saturated carbocycles. The number of alkyl halides is 1. The zero-order valence-corrected chi connectivity index (χ0v) is 4.86. The first kappa shape index (κ1) is 6.02. The van der Waals surface area contributed by atoms with Crippen molar-refractivity contribution < 1.29 is 9.50 Å². The zero-order chi connectivity index (χ0) is 6.04. The summed E-state index contributed by atoms with van der Waals surface area (Å²) in [5.41, 5.74) is -0.977. The molecule has 0 atom stereocenters. The lowest BCUT2D eigenvalue weighted by Gasteiger charge is -2.32. The summed E-state index contributed by atoms with van der Waals surface area (Å²) in [6, 6.07) is 0. The highest BCUT2D eigenvalue weighted by atomic mass is 19.1. The average Bonchev–Trinajstić information content (AvgIpc) is 1.64. The number of halogens is 1. The van der Waals surface area contributed by atoms with E-state index < -0.39 is 5.67 Å². The van der Waals surface area contributed by atoms with Gasteiger partial charge in [-0.15, -0.1) is 0 Å². The van der Waals surface area contributed by atoms with Gasteiger partial charge >= 0.3 is 0 Å². The molecule has 0 heterocycles. The Bertz CT molecular complexity index is 78.6. The van der Waals surface area contributed by atoms with Crippen LogP contribution in [0.25, 0.3) is 0 Å². The summed E-state index contributed by atoms with van der Waals surface area (Å²) in [6.45, 7) is -0.00347. The predicted molar refractivity (Wildman–Crippen MR) is 29.4 cm³/mol. The number of hydrogen-bond acceptors (Lipinski definition) is 1. The van der Waals surface area contributed by atoms with Crippen LogP contribution in [-0.2, 0) is 0 Å². The Morgan fingerprint density at radius 2 is 2.12 bits per heavy atom. The molecule has 1 aliphatic rings. The van der Waals surface area contributed by atoms with E-state index >= 15 is 0 Å². The third kappa shape index (κ3) is 0.996. The molecule has 1 nitrogen and oxygen atoms in total. The van der Waals surface area contributed by atoms with E-state index in [2.05, 4.69) is 0 Å². The van der Waals surface area contributed by atoms with E-state index in [4.69, 9.17) is 5.11 Å². The second-order valence-corrected chi connectivity index (χ2v) is 2.48. The van der Waals surface area contributed by atoms with Crippen molar-refractivity contribution in [2.75, 3.05) is 6.61 Å². The fourth-order valence-electron chi connectivity index (χ4n) is 1.01. The largest absolute Gasteiger partial charge is 0.396 e. The normalized spacial score (nSPS) is 24.8. The van der Waals surface area contributed by atoms with Gasteiger partial charge < -0.3 is 5.11 Å². The molecule has 2 heteroatoms. The summed E-state index contributed by atoms with van der Waals surface area (Å²) in [6.07, 6.45) is 2.66. The van der Waals surface area contributed by atoms with Gasteiger partial charge in [-0.2, -0.15) is 0 Å². The molecule has 48 valence electrons. The first-order valence-corrected chi connectivity index (χ1v) is 3.07. The van der Waals surface area contributed by atoms with Crippen LogP contribution in [0.5, 0.6) is 0 Å². The molecule has 0 aromatic rings. The molecule has 1 rings (SSSR count). The van der Waals surface area contributed by atoms with Crippen LogP contribution in [0.4, 0.5) is 4.39 Å². The summed E-state index contributed by atoms with van der Waals surface area (Å²) < 4.78 is 12.7. The Morgan fingerprint density at radius 1 is 1.50 bits per heavy atom. The van der Waals surface area contributed by atoms with Gasteiger partial charge in [0, 0.05) is 13.0 Å². The number of aliphatic hydroxyl groups is 1. The molecule has 0 aromatic carbocycles. The maximum absolute atomic E-state index is 12.7. The fraction of sp³-hybridized carbons (Fsp3) is 1.00. The van der Waals surface area contributed by atoms with Gasteiger partial charge in [0.1, 0.15) is 5.67 Å². The summed E-state index contributed by atoms with van der Waals surface area (Å²) >= 11 is 0. The van der Waals surface area contributed by atoms with Gasteiger partial charge in [0.2, 0.25) is 0 Å². The van der Waals surface area contributed by atoms with Crippen molar-refractivity contribution in [1.82, 2.24) is 0 Å². The van der Waals surface area contributed by atoms with Crippen LogP contribution in [0.1, 0.15) is 25.7 Å². The van der Waals surface area contributed by atoms with Gasteiger partial charge in [-0.05, 0) is 19.3 Å². The minimum atomic E-state index is -0.977. The second kappa shape index (κ2) is 2.02. The Labute approximate surface area is 48.5 Å². The van der Waals surface area contributed by atoms with Crippen molar-refractivity contribution in [3.63, 3.8) is 0 Å². The number of aliphatic hydroxyl groups excluding tert-OH is 1. The minimum Gasteiger partial charge on any atom is -0.396 e. The van der Waals surface area contributed by atoms with Crippen LogP contribution in [0, 0.1) is 0 Å². The van der Waals surface area contributed by atoms with Crippen LogP contribution in [0.3, 0.4) is 0 Å². The van der Waals surface area contributed by atoms with Gasteiger partial charge in [-0.3, -0.25) is 0 Å². The Hall–Kier alpha value is -0.110. The lowest BCUT2D eigenvalue weighted by molar-refractivity contribution is 0.0352. The monoisotopic (exact) mass is 118 g/mol. The lowest BCUT2D eigenvalue weighted by Crippen LogP contribution is -2.32. The van der Waals surface area contributed by atoms with Crippen LogP contribution in [-0.4, -0.2) is 17.4 Å². The number of hydrogen-bond donors (Lipinski definition) is 1. The molecule has 0 bridgehead atoms. The molecule has 1 aliphatic carbocycles. The molecule has 0 aromatic heterocycles. The molecule has 0 amide bonds. The van der Waals surface area contributed by atoms with Crippen LogP contribution < -0.4 is 0 Å². The van der Waals surface area contributed by atoms with E-state index in [9.17, 15) is 4.39 Å². The summed E-state index contributed by atoms with van der Waals surface area (Å²) in [5.74, 6) is 0. The summed E-state index contributed by atoms with van der Waals surface area (Å²) in [5, 5.41) is 8.33. The van der Waals surface area contributed by atoms with E-state index in [0.29, 0.717) is 19.3 Å². The fourth-order valence-corrected chi connectivity index (χ4v) is 1.01. The summed E-state index contributed by atoms with van der Waals surface area (Å²) in [4.78, 5) is 0. The van der Waals surface area contributed by atoms with Crippen LogP contribution >= 0.6 is 0 Å². The highest BCUT2D eigenvalue weighted by molar-refractivity contribution is 4.87. The average molecular weight is 118 g/mol. The molecule has 0 aliphatic heterocycles. The Balaban J connectivity index is 2.20. The maximum Gasteiger partial charge on any atom is 0.113 e. The predicted octanol–water partition coefficient (Wildman–Crippen LogP) is 1.26. The summed E-state index contributed by atoms with van der Waals surface area (Å²) in [7, 11) is 0. The highest BCUT2D eigenvalue weighted by Crippen LogP contribution is 2.38. The topological polar surface area (TPSA) is 20.2 Å². The highest BCUT2D eigenvalue weighted by Gasteiger charge is 2.35. The van der Waals surface area contributed by atoms with E-state index in [1.54, 1.807) is 0 Å². The lowest BCUT2D eigenvalue weighted by atomic mass is 9.80. The first-order valence-electron chi connectivity index (χ1n) is 3.07. The second-order valence-electron chi connectivity index (χ2n) is 2.48. The van der Waals surface area contributed by atoms with Gasteiger partial charge in [-0.25, -0.2) is 4.39 Å². The van der Waals surface area contributed by atoms with Crippen molar-refractivity contribution in [2.24, 2.45) is 0 Å². The number of rotatable bonds is 2. The van der Waals surface area contributed by atoms with E-state index in [-0.39, 0.29) is 6.61 Å². The molecule has 0 unspecified atom stereocenters. The molecule has 0 saturated heterocycles. The minimum absolute atomic E-state index is 0.00347. The first-order chi connectivity index (χ1) is 3.77. The Morgan fingerprint density at radius 3 is 2.25 bits per heavy atom. The van der Waals surface area contributed by atoms with Crippen LogP contribution in [0.2, 0.25) is 0 Å². The molecule has 1 fully saturated rings. The van der Waals surface area contributed by atoms with E-state index in [1.165, 1.54) is 0 Å². The van der Waals surface area contributed by atoms with Gasteiger partial charge in [-0.1, -0.05) is 0 Å². The van der Waals surface area contributed by atoms with Gasteiger partial charge in [0.05, 0.1) is 0 Å². The Kier molecular flexibility index (Phi) is 1.52. The zero-order valence-electron chi connectivity index (χ0n) is 4.86. The quantitative estimate of drug-likeness (QED) is 0.578. The molecule has 8 heavy (non-hydrogen) atoms. The van der Waals surface area contributed by atoms with Gasteiger partial charge in [0.15, 0.2) is 0 Å². The third-order valence-corrected chi connectivity index (χ3v) is 1.81. The van der Waals surface area contributed by atoms with Crippen LogP contribution in [0.15, 0.2) is 0 Å². The standard InChI is InChI=1S/C6H11FO/c7-6(4-5-8)2-1-3-6/h8H,1-5H2. The van der Waals surface area contributed by atoms with E-state index in [1.807, 2.05) is 0 Å². The smallest absolute Gasteiger partial charge is 0.113 e. The maximum atomic E-state index is 12.7. The van der Waals surface area contributed by atoms with Crippen molar-refractivity contribution in [1.29, 1.82) is 0 Å².